The second-order valence-electron chi connectivity index (χ2n) is 7.25. The second kappa shape index (κ2) is 7.18. The number of aryl methyl sites for hydroxylation is 1. The lowest BCUT2D eigenvalue weighted by Crippen LogP contribution is -2.42. The van der Waals surface area contributed by atoms with E-state index < -0.39 is 29.9 Å². The largest absolute Gasteiger partial charge is 0.497 e. The third-order valence-electron chi connectivity index (χ3n) is 5.10. The van der Waals surface area contributed by atoms with Crippen molar-refractivity contribution in [2.45, 2.75) is 19.4 Å². The van der Waals surface area contributed by atoms with Crippen LogP contribution in [0.25, 0.3) is 10.8 Å². The van der Waals surface area contributed by atoms with Gasteiger partial charge < -0.3 is 19.9 Å². The molecule has 9 heteroatoms. The SMILES string of the molecule is COc1ccc2cc([C@@]3(C)NC(=O)N(CC(=O)Nc4cc(C)on4)C3=O)ccc2c1. The lowest BCUT2D eigenvalue weighted by atomic mass is 9.90. The topological polar surface area (TPSA) is 114 Å². The normalized spacial score (nSPS) is 18.6. The van der Waals surface area contributed by atoms with Crippen LogP contribution in [0.3, 0.4) is 0 Å². The Morgan fingerprint density at radius 1 is 1.20 bits per heavy atom. The molecule has 3 aromatic rings. The van der Waals surface area contributed by atoms with E-state index in [1.807, 2.05) is 30.3 Å². The van der Waals surface area contributed by atoms with E-state index in [1.54, 1.807) is 27.0 Å². The molecule has 4 rings (SSSR count). The Hall–Kier alpha value is -3.88. The summed E-state index contributed by atoms with van der Waals surface area (Å²) in [5, 5.41) is 10.7. The molecule has 2 aromatic carbocycles. The van der Waals surface area contributed by atoms with Crippen molar-refractivity contribution in [1.29, 1.82) is 0 Å². The molecular formula is C21H20N4O5. The van der Waals surface area contributed by atoms with Crippen molar-refractivity contribution in [3.8, 4) is 5.75 Å². The molecule has 0 spiro atoms. The first-order valence-corrected chi connectivity index (χ1v) is 9.26. The van der Waals surface area contributed by atoms with Crippen LogP contribution in [0.2, 0.25) is 0 Å². The van der Waals surface area contributed by atoms with Crippen LogP contribution in [0.1, 0.15) is 18.2 Å². The molecule has 0 unspecified atom stereocenters. The number of rotatable bonds is 5. The van der Waals surface area contributed by atoms with Gasteiger partial charge in [-0.2, -0.15) is 0 Å². The standard InChI is InChI=1S/C21H20N4O5/c1-12-8-17(24-30-12)22-18(26)11-25-19(27)21(2,23-20(25)28)15-6-4-14-10-16(29-3)7-5-13(14)9-15/h4-10H,11H2,1-3H3,(H,23,28)(H,22,24,26)/t21-/m1/s1. The highest BCUT2D eigenvalue weighted by Crippen LogP contribution is 2.32. The Balaban J connectivity index is 1.56. The van der Waals surface area contributed by atoms with E-state index in [0.29, 0.717) is 11.3 Å². The number of urea groups is 1. The van der Waals surface area contributed by atoms with E-state index in [0.717, 1.165) is 21.4 Å². The summed E-state index contributed by atoms with van der Waals surface area (Å²) in [4.78, 5) is 38.7. The summed E-state index contributed by atoms with van der Waals surface area (Å²) in [5.41, 5.74) is -0.663. The van der Waals surface area contributed by atoms with E-state index in [1.165, 1.54) is 6.07 Å². The van der Waals surface area contributed by atoms with E-state index >= 15 is 0 Å². The number of carbonyl (C=O) groups is 3. The Morgan fingerprint density at radius 2 is 1.93 bits per heavy atom. The minimum Gasteiger partial charge on any atom is -0.497 e. The highest BCUT2D eigenvalue weighted by atomic mass is 16.5. The molecule has 0 aliphatic carbocycles. The van der Waals surface area contributed by atoms with Crippen molar-refractivity contribution in [2.24, 2.45) is 0 Å². The average Bonchev–Trinajstić information content (AvgIpc) is 3.23. The van der Waals surface area contributed by atoms with Gasteiger partial charge in [-0.1, -0.05) is 23.4 Å². The third kappa shape index (κ3) is 3.34. The zero-order chi connectivity index (χ0) is 21.5. The van der Waals surface area contributed by atoms with Gasteiger partial charge in [-0.05, 0) is 48.4 Å². The molecule has 9 nitrogen and oxygen atoms in total. The molecule has 0 bridgehead atoms. The maximum Gasteiger partial charge on any atom is 0.325 e. The first-order chi connectivity index (χ1) is 14.3. The molecule has 1 aromatic heterocycles. The Bertz CT molecular complexity index is 1170. The number of amides is 4. The fourth-order valence-electron chi connectivity index (χ4n) is 3.45. The molecule has 1 atom stereocenters. The fourth-order valence-corrected chi connectivity index (χ4v) is 3.45. The molecule has 4 amide bonds. The van der Waals surface area contributed by atoms with Gasteiger partial charge in [-0.15, -0.1) is 0 Å². The maximum absolute atomic E-state index is 13.1. The quantitative estimate of drug-likeness (QED) is 0.627. The van der Waals surface area contributed by atoms with Gasteiger partial charge in [0, 0.05) is 6.07 Å². The van der Waals surface area contributed by atoms with Crippen LogP contribution in [0.5, 0.6) is 5.75 Å². The van der Waals surface area contributed by atoms with Crippen molar-refractivity contribution in [2.75, 3.05) is 19.0 Å². The van der Waals surface area contributed by atoms with Gasteiger partial charge in [-0.3, -0.25) is 14.5 Å². The van der Waals surface area contributed by atoms with Gasteiger partial charge in [0.25, 0.3) is 5.91 Å². The Labute approximate surface area is 172 Å². The second-order valence-corrected chi connectivity index (χ2v) is 7.25. The number of hydrogen-bond donors (Lipinski definition) is 2. The van der Waals surface area contributed by atoms with Crippen LogP contribution in [0.15, 0.2) is 47.0 Å². The van der Waals surface area contributed by atoms with Crippen LogP contribution in [-0.4, -0.2) is 41.6 Å². The van der Waals surface area contributed by atoms with Crippen LogP contribution in [0, 0.1) is 6.92 Å². The monoisotopic (exact) mass is 408 g/mol. The fraction of sp³-hybridized carbons (Fsp3) is 0.238. The minimum absolute atomic E-state index is 0.220. The number of nitrogens with one attached hydrogen (secondary N) is 2. The number of benzene rings is 2. The van der Waals surface area contributed by atoms with Gasteiger partial charge in [0.1, 0.15) is 23.6 Å². The summed E-state index contributed by atoms with van der Waals surface area (Å²) in [5.74, 6) is 0.416. The van der Waals surface area contributed by atoms with Crippen molar-refractivity contribution >= 4 is 34.4 Å². The van der Waals surface area contributed by atoms with Crippen molar-refractivity contribution in [3.63, 3.8) is 0 Å². The summed E-state index contributed by atoms with van der Waals surface area (Å²) in [6, 6.07) is 12.0. The van der Waals surface area contributed by atoms with Crippen LogP contribution in [-0.2, 0) is 15.1 Å². The molecule has 1 fully saturated rings. The number of methoxy groups -OCH3 is 1. The third-order valence-corrected chi connectivity index (χ3v) is 5.10. The molecule has 1 aliphatic heterocycles. The first-order valence-electron chi connectivity index (χ1n) is 9.26. The number of ether oxygens (including phenoxy) is 1. The number of carbonyl (C=O) groups excluding carboxylic acids is 3. The lowest BCUT2D eigenvalue weighted by Gasteiger charge is -2.22. The minimum atomic E-state index is -1.28. The molecule has 30 heavy (non-hydrogen) atoms. The van der Waals surface area contributed by atoms with Crippen LogP contribution in [0.4, 0.5) is 10.6 Å². The number of fused-ring (bicyclic) bond motifs is 1. The van der Waals surface area contributed by atoms with E-state index in [2.05, 4.69) is 15.8 Å². The Kier molecular flexibility index (Phi) is 4.65. The summed E-state index contributed by atoms with van der Waals surface area (Å²) in [6.07, 6.45) is 0. The number of imide groups is 1. The lowest BCUT2D eigenvalue weighted by molar-refractivity contribution is -0.133. The summed E-state index contributed by atoms with van der Waals surface area (Å²) < 4.78 is 10.1. The van der Waals surface area contributed by atoms with E-state index in [4.69, 9.17) is 9.26 Å². The summed E-state index contributed by atoms with van der Waals surface area (Å²) in [6.45, 7) is 2.87. The summed E-state index contributed by atoms with van der Waals surface area (Å²) in [7, 11) is 1.60. The predicted molar refractivity (Wildman–Crippen MR) is 108 cm³/mol. The first kappa shape index (κ1) is 19.4. The van der Waals surface area contributed by atoms with Crippen LogP contribution < -0.4 is 15.4 Å². The number of hydrogen-bond acceptors (Lipinski definition) is 6. The predicted octanol–water partition coefficient (Wildman–Crippen LogP) is 2.55. The molecule has 1 aliphatic rings. The van der Waals surface area contributed by atoms with Gasteiger partial charge in [-0.25, -0.2) is 4.79 Å². The molecule has 1 saturated heterocycles. The summed E-state index contributed by atoms with van der Waals surface area (Å²) >= 11 is 0. The van der Waals surface area contributed by atoms with Crippen LogP contribution >= 0.6 is 0 Å². The zero-order valence-electron chi connectivity index (χ0n) is 16.7. The highest BCUT2D eigenvalue weighted by molar-refractivity contribution is 6.10. The molecule has 2 N–H and O–H groups in total. The molecule has 0 radical (unpaired) electrons. The Morgan fingerprint density at radius 3 is 2.63 bits per heavy atom. The average molecular weight is 408 g/mol. The number of anilines is 1. The molecule has 2 heterocycles. The van der Waals surface area contributed by atoms with Gasteiger partial charge in [0.05, 0.1) is 7.11 Å². The maximum atomic E-state index is 13.1. The number of aromatic nitrogens is 1. The molecule has 154 valence electrons. The number of nitrogens with zero attached hydrogens (tertiary/aromatic N) is 2. The van der Waals surface area contributed by atoms with Crippen molar-refractivity contribution < 1.29 is 23.6 Å². The molecular weight excluding hydrogens is 388 g/mol. The smallest absolute Gasteiger partial charge is 0.325 e. The van der Waals surface area contributed by atoms with Crippen molar-refractivity contribution in [1.82, 2.24) is 15.4 Å². The van der Waals surface area contributed by atoms with Gasteiger partial charge in [0.2, 0.25) is 5.91 Å². The zero-order valence-corrected chi connectivity index (χ0v) is 16.7. The molecule has 0 saturated carbocycles. The van der Waals surface area contributed by atoms with Gasteiger partial charge in [0.15, 0.2) is 5.82 Å². The van der Waals surface area contributed by atoms with Gasteiger partial charge >= 0.3 is 6.03 Å². The van der Waals surface area contributed by atoms with E-state index in [-0.39, 0.29) is 5.82 Å². The van der Waals surface area contributed by atoms with Crippen molar-refractivity contribution in [3.05, 3.63) is 53.8 Å². The van der Waals surface area contributed by atoms with E-state index in [9.17, 15) is 14.4 Å². The highest BCUT2D eigenvalue weighted by Gasteiger charge is 2.49.